The molecule has 17 heavy (non-hydrogen) atoms. The second-order valence-corrected chi connectivity index (χ2v) is 3.71. The van der Waals surface area contributed by atoms with E-state index in [9.17, 15) is 4.79 Å². The maximum absolute atomic E-state index is 11.4. The number of nitrogens with one attached hydrogen (secondary N) is 1. The highest BCUT2D eigenvalue weighted by atomic mass is 16.5. The zero-order valence-electron chi connectivity index (χ0n) is 9.94. The summed E-state index contributed by atoms with van der Waals surface area (Å²) in [6, 6.07) is 3.60. The predicted molar refractivity (Wildman–Crippen MR) is 64.1 cm³/mol. The van der Waals surface area contributed by atoms with Crippen LogP contribution in [0.15, 0.2) is 23.1 Å². The molecule has 0 spiro atoms. The monoisotopic (exact) mass is 231 g/mol. The zero-order valence-corrected chi connectivity index (χ0v) is 9.94. The maximum atomic E-state index is 11.4. The van der Waals surface area contributed by atoms with Gasteiger partial charge in [-0.2, -0.15) is 5.10 Å². The van der Waals surface area contributed by atoms with E-state index in [1.54, 1.807) is 26.3 Å². The van der Waals surface area contributed by atoms with Crippen LogP contribution in [0.2, 0.25) is 0 Å². The van der Waals surface area contributed by atoms with Gasteiger partial charge in [0.15, 0.2) is 0 Å². The molecule has 5 nitrogen and oxygen atoms in total. The van der Waals surface area contributed by atoms with Gasteiger partial charge in [0.25, 0.3) is 5.56 Å². The highest BCUT2D eigenvalue weighted by Gasteiger charge is 2.13. The van der Waals surface area contributed by atoms with Crippen molar-refractivity contribution in [1.82, 2.24) is 15.2 Å². The molecule has 2 heterocycles. The Morgan fingerprint density at radius 1 is 1.24 bits per heavy atom. The lowest BCUT2D eigenvalue weighted by molar-refractivity contribution is 0.414. The summed E-state index contributed by atoms with van der Waals surface area (Å²) in [7, 11) is 1.58. The molecule has 0 atom stereocenters. The summed E-state index contributed by atoms with van der Waals surface area (Å²) in [4.78, 5) is 15.6. The summed E-state index contributed by atoms with van der Waals surface area (Å²) < 4.78 is 5.23. The van der Waals surface area contributed by atoms with Crippen molar-refractivity contribution < 1.29 is 4.74 Å². The Balaban J connectivity index is 2.69. The molecule has 0 bridgehead atoms. The Bertz CT molecular complexity index is 605. The van der Waals surface area contributed by atoms with E-state index in [2.05, 4.69) is 15.2 Å². The van der Waals surface area contributed by atoms with E-state index in [1.165, 1.54) is 0 Å². The molecule has 0 aliphatic carbocycles. The molecule has 88 valence electrons. The summed E-state index contributed by atoms with van der Waals surface area (Å²) in [6.07, 6.45) is 1.67. The van der Waals surface area contributed by atoms with Crippen LogP contribution >= 0.6 is 0 Å². The fourth-order valence-corrected chi connectivity index (χ4v) is 1.59. The Morgan fingerprint density at radius 2 is 2.00 bits per heavy atom. The SMILES string of the molecule is COc1cccnc1-c1n[nH]c(=O)c(C)c1C. The molecular formula is C12H13N3O2. The molecule has 0 aliphatic heterocycles. The minimum Gasteiger partial charge on any atom is -0.494 e. The van der Waals surface area contributed by atoms with Crippen molar-refractivity contribution in [2.45, 2.75) is 13.8 Å². The maximum Gasteiger partial charge on any atom is 0.267 e. The van der Waals surface area contributed by atoms with Gasteiger partial charge in [-0.1, -0.05) is 0 Å². The molecule has 0 amide bonds. The van der Waals surface area contributed by atoms with Crippen LogP contribution in [0, 0.1) is 13.8 Å². The van der Waals surface area contributed by atoms with Gasteiger partial charge in [0, 0.05) is 11.8 Å². The molecule has 0 saturated carbocycles. The van der Waals surface area contributed by atoms with Gasteiger partial charge in [-0.15, -0.1) is 0 Å². The third-order valence-electron chi connectivity index (χ3n) is 2.74. The molecule has 5 heteroatoms. The van der Waals surface area contributed by atoms with E-state index in [0.717, 1.165) is 5.56 Å². The number of H-pyrrole nitrogens is 1. The van der Waals surface area contributed by atoms with Gasteiger partial charge in [-0.05, 0) is 31.5 Å². The Labute approximate surface area is 98.5 Å². The number of nitrogens with zero attached hydrogens (tertiary/aromatic N) is 2. The van der Waals surface area contributed by atoms with Gasteiger partial charge in [-0.3, -0.25) is 9.78 Å². The molecule has 0 saturated heterocycles. The van der Waals surface area contributed by atoms with Crippen LogP contribution in [0.5, 0.6) is 5.75 Å². The first kappa shape index (κ1) is 11.3. The number of aromatic amines is 1. The first-order valence-electron chi connectivity index (χ1n) is 5.20. The van der Waals surface area contributed by atoms with Gasteiger partial charge in [0.1, 0.15) is 17.1 Å². The minimum absolute atomic E-state index is 0.179. The number of ether oxygens (including phenoxy) is 1. The molecule has 0 aromatic carbocycles. The molecule has 2 aromatic heterocycles. The Morgan fingerprint density at radius 3 is 2.71 bits per heavy atom. The smallest absolute Gasteiger partial charge is 0.267 e. The van der Waals surface area contributed by atoms with E-state index in [0.29, 0.717) is 22.7 Å². The van der Waals surface area contributed by atoms with Crippen molar-refractivity contribution in [3.05, 3.63) is 39.8 Å². The molecule has 0 aliphatic rings. The van der Waals surface area contributed by atoms with Crippen LogP contribution in [0.4, 0.5) is 0 Å². The summed E-state index contributed by atoms with van der Waals surface area (Å²) in [6.45, 7) is 3.61. The highest BCUT2D eigenvalue weighted by Crippen LogP contribution is 2.27. The lowest BCUT2D eigenvalue weighted by Crippen LogP contribution is -2.14. The number of aromatic nitrogens is 3. The van der Waals surface area contributed by atoms with Crippen LogP contribution in [0.3, 0.4) is 0 Å². The van der Waals surface area contributed by atoms with Crippen molar-refractivity contribution in [2.24, 2.45) is 0 Å². The quantitative estimate of drug-likeness (QED) is 0.849. The summed E-state index contributed by atoms with van der Waals surface area (Å²) >= 11 is 0. The van der Waals surface area contributed by atoms with Crippen LogP contribution in [0.25, 0.3) is 11.4 Å². The number of pyridine rings is 1. The van der Waals surface area contributed by atoms with E-state index in [4.69, 9.17) is 4.74 Å². The second-order valence-electron chi connectivity index (χ2n) is 3.71. The fourth-order valence-electron chi connectivity index (χ4n) is 1.59. The van der Waals surface area contributed by atoms with E-state index in [1.807, 2.05) is 13.0 Å². The number of hydrogen-bond donors (Lipinski definition) is 1. The first-order valence-corrected chi connectivity index (χ1v) is 5.20. The predicted octanol–water partition coefficient (Wildman–Crippen LogP) is 1.46. The fraction of sp³-hybridized carbons (Fsp3) is 0.250. The largest absolute Gasteiger partial charge is 0.494 e. The van der Waals surface area contributed by atoms with Gasteiger partial charge >= 0.3 is 0 Å². The number of methoxy groups -OCH3 is 1. The minimum atomic E-state index is -0.179. The lowest BCUT2D eigenvalue weighted by Gasteiger charge is -2.09. The van der Waals surface area contributed by atoms with Crippen molar-refractivity contribution in [1.29, 1.82) is 0 Å². The lowest BCUT2D eigenvalue weighted by atomic mass is 10.1. The van der Waals surface area contributed by atoms with Crippen molar-refractivity contribution >= 4 is 0 Å². The third-order valence-corrected chi connectivity index (χ3v) is 2.74. The van der Waals surface area contributed by atoms with Crippen LogP contribution in [0.1, 0.15) is 11.1 Å². The molecule has 1 N–H and O–H groups in total. The summed E-state index contributed by atoms with van der Waals surface area (Å²) in [5.74, 6) is 0.634. The number of rotatable bonds is 2. The third kappa shape index (κ3) is 1.91. The van der Waals surface area contributed by atoms with Crippen molar-refractivity contribution in [2.75, 3.05) is 7.11 Å². The molecule has 2 aromatic rings. The molecule has 0 radical (unpaired) electrons. The second kappa shape index (κ2) is 4.37. The summed E-state index contributed by atoms with van der Waals surface area (Å²) in [5, 5.41) is 6.50. The van der Waals surface area contributed by atoms with E-state index >= 15 is 0 Å². The van der Waals surface area contributed by atoms with Crippen molar-refractivity contribution in [3.63, 3.8) is 0 Å². The van der Waals surface area contributed by atoms with Crippen LogP contribution in [-0.4, -0.2) is 22.3 Å². The molecular weight excluding hydrogens is 218 g/mol. The Kier molecular flexibility index (Phi) is 2.91. The van der Waals surface area contributed by atoms with Crippen LogP contribution < -0.4 is 10.3 Å². The molecule has 0 fully saturated rings. The zero-order chi connectivity index (χ0) is 12.4. The van der Waals surface area contributed by atoms with Crippen molar-refractivity contribution in [3.8, 4) is 17.1 Å². The van der Waals surface area contributed by atoms with Gasteiger partial charge in [0.2, 0.25) is 0 Å². The van der Waals surface area contributed by atoms with E-state index in [-0.39, 0.29) is 5.56 Å². The Hall–Kier alpha value is -2.17. The average Bonchev–Trinajstić information content (AvgIpc) is 2.36. The molecule has 2 rings (SSSR count). The van der Waals surface area contributed by atoms with Gasteiger partial charge in [-0.25, -0.2) is 5.10 Å². The first-order chi connectivity index (χ1) is 8.15. The summed E-state index contributed by atoms with van der Waals surface area (Å²) in [5.41, 5.74) is 2.54. The standard InChI is InChI=1S/C12H13N3O2/c1-7-8(2)12(16)15-14-10(7)11-9(17-3)5-4-6-13-11/h4-6H,1-3H3,(H,15,16). The van der Waals surface area contributed by atoms with Gasteiger partial charge < -0.3 is 4.74 Å². The number of hydrogen-bond acceptors (Lipinski definition) is 4. The average molecular weight is 231 g/mol. The molecule has 0 unspecified atom stereocenters. The normalized spacial score (nSPS) is 10.3. The van der Waals surface area contributed by atoms with Crippen LogP contribution in [-0.2, 0) is 0 Å². The van der Waals surface area contributed by atoms with Gasteiger partial charge in [0.05, 0.1) is 7.11 Å². The van der Waals surface area contributed by atoms with E-state index < -0.39 is 0 Å². The highest BCUT2D eigenvalue weighted by molar-refractivity contribution is 5.65. The topological polar surface area (TPSA) is 67.9 Å².